The molecule has 0 unspecified atom stereocenters. The molecule has 1 aliphatic heterocycles. The Labute approximate surface area is 147 Å². The molecule has 25 heavy (non-hydrogen) atoms. The van der Waals surface area contributed by atoms with E-state index in [0.29, 0.717) is 0 Å². The first-order valence-corrected chi connectivity index (χ1v) is 9.06. The Morgan fingerprint density at radius 2 is 2.00 bits per heavy atom. The average Bonchev–Trinajstić information content (AvgIpc) is 2.97. The van der Waals surface area contributed by atoms with E-state index in [1.54, 1.807) is 12.4 Å². The first-order chi connectivity index (χ1) is 12.2. The second kappa shape index (κ2) is 5.45. The summed E-state index contributed by atoms with van der Waals surface area (Å²) in [4.78, 5) is 19.2. The van der Waals surface area contributed by atoms with Gasteiger partial charge in [-0.25, -0.2) is 0 Å². The van der Waals surface area contributed by atoms with Crippen molar-refractivity contribution in [1.29, 1.82) is 0 Å². The van der Waals surface area contributed by atoms with E-state index in [-0.39, 0.29) is 11.9 Å². The third-order valence-corrected chi connectivity index (χ3v) is 5.72. The van der Waals surface area contributed by atoms with Gasteiger partial charge in [-0.05, 0) is 56.0 Å². The SMILES string of the molecule is Cc1ccc2c(c1)c1c3n2CCN(C(=O)c2ccncc2)[C@H]3CCC1. The predicted octanol–water partition coefficient (Wildman–Crippen LogP) is 3.88. The van der Waals surface area contributed by atoms with Crippen LogP contribution >= 0.6 is 0 Å². The summed E-state index contributed by atoms with van der Waals surface area (Å²) in [5, 5.41) is 1.39. The van der Waals surface area contributed by atoms with Gasteiger partial charge in [-0.3, -0.25) is 9.78 Å². The summed E-state index contributed by atoms with van der Waals surface area (Å²) < 4.78 is 2.46. The molecule has 1 aromatic carbocycles. The maximum atomic E-state index is 13.1. The highest BCUT2D eigenvalue weighted by Crippen LogP contribution is 2.43. The molecule has 2 aliphatic rings. The second-order valence-electron chi connectivity index (χ2n) is 7.18. The second-order valence-corrected chi connectivity index (χ2v) is 7.18. The molecule has 0 fully saturated rings. The molecule has 4 heteroatoms. The van der Waals surface area contributed by atoms with Gasteiger partial charge in [-0.15, -0.1) is 0 Å². The van der Waals surface area contributed by atoms with Gasteiger partial charge in [0.2, 0.25) is 0 Å². The zero-order valence-electron chi connectivity index (χ0n) is 14.4. The van der Waals surface area contributed by atoms with E-state index in [4.69, 9.17) is 0 Å². The van der Waals surface area contributed by atoms with Crippen LogP contribution in [0.4, 0.5) is 0 Å². The molecule has 1 atom stereocenters. The third kappa shape index (κ3) is 2.13. The molecule has 0 saturated heterocycles. The van der Waals surface area contributed by atoms with Crippen LogP contribution in [0.1, 0.15) is 46.1 Å². The van der Waals surface area contributed by atoms with Crippen molar-refractivity contribution >= 4 is 16.8 Å². The number of aromatic nitrogens is 2. The molecule has 3 heterocycles. The lowest BCUT2D eigenvalue weighted by Crippen LogP contribution is -2.43. The molecule has 2 aromatic heterocycles. The van der Waals surface area contributed by atoms with Crippen molar-refractivity contribution < 1.29 is 4.79 Å². The fourth-order valence-electron chi connectivity index (χ4n) is 4.62. The van der Waals surface area contributed by atoms with Crippen LogP contribution in [0.2, 0.25) is 0 Å². The zero-order chi connectivity index (χ0) is 17.0. The standard InChI is InChI=1S/C21H21N3O/c1-14-5-6-18-17(13-14)16-3-2-4-19-20(16)23(18)11-12-24(19)21(25)15-7-9-22-10-8-15/h5-10,13,19H,2-4,11-12H2,1H3/t19-/m0/s1. The van der Waals surface area contributed by atoms with Gasteiger partial charge in [0.05, 0.1) is 6.04 Å². The molecule has 0 N–H and O–H groups in total. The lowest BCUT2D eigenvalue weighted by atomic mass is 9.89. The Kier molecular flexibility index (Phi) is 3.20. The maximum absolute atomic E-state index is 13.1. The molecule has 0 saturated carbocycles. The summed E-state index contributed by atoms with van der Waals surface area (Å²) in [5.74, 6) is 0.132. The average molecular weight is 331 g/mol. The van der Waals surface area contributed by atoms with Gasteiger partial charge in [0.15, 0.2) is 0 Å². The number of amides is 1. The van der Waals surface area contributed by atoms with E-state index in [2.05, 4.69) is 39.6 Å². The van der Waals surface area contributed by atoms with Crippen LogP contribution in [0.15, 0.2) is 42.7 Å². The van der Waals surface area contributed by atoms with Crippen molar-refractivity contribution in [3.8, 4) is 0 Å². The van der Waals surface area contributed by atoms with Crippen molar-refractivity contribution in [2.75, 3.05) is 6.54 Å². The minimum atomic E-state index is 0.132. The number of pyridine rings is 1. The Bertz CT molecular complexity index is 974. The van der Waals surface area contributed by atoms with E-state index < -0.39 is 0 Å². The summed E-state index contributed by atoms with van der Waals surface area (Å²) in [5.41, 5.74) is 6.21. The fourth-order valence-corrected chi connectivity index (χ4v) is 4.62. The number of aryl methyl sites for hydroxylation is 2. The van der Waals surface area contributed by atoms with Crippen molar-refractivity contribution in [2.45, 2.75) is 38.8 Å². The summed E-state index contributed by atoms with van der Waals surface area (Å²) in [6, 6.07) is 10.6. The van der Waals surface area contributed by atoms with Gasteiger partial charge in [0, 0.05) is 47.6 Å². The molecule has 4 nitrogen and oxygen atoms in total. The van der Waals surface area contributed by atoms with Crippen LogP contribution in [-0.2, 0) is 13.0 Å². The molecular weight excluding hydrogens is 310 g/mol. The monoisotopic (exact) mass is 331 g/mol. The molecule has 0 radical (unpaired) electrons. The van der Waals surface area contributed by atoms with Gasteiger partial charge in [-0.1, -0.05) is 11.6 Å². The highest BCUT2D eigenvalue weighted by Gasteiger charge is 2.37. The van der Waals surface area contributed by atoms with E-state index >= 15 is 0 Å². The number of fused-ring (bicyclic) bond motifs is 3. The van der Waals surface area contributed by atoms with E-state index in [0.717, 1.165) is 37.9 Å². The number of rotatable bonds is 1. The topological polar surface area (TPSA) is 38.1 Å². The van der Waals surface area contributed by atoms with Gasteiger partial charge in [0.25, 0.3) is 5.91 Å². The van der Waals surface area contributed by atoms with Crippen LogP contribution in [0.3, 0.4) is 0 Å². The number of benzene rings is 1. The molecular formula is C21H21N3O. The Morgan fingerprint density at radius 1 is 1.16 bits per heavy atom. The number of nitrogens with zero attached hydrogens (tertiary/aromatic N) is 3. The van der Waals surface area contributed by atoms with Gasteiger partial charge < -0.3 is 9.47 Å². The smallest absolute Gasteiger partial charge is 0.254 e. The summed E-state index contributed by atoms with van der Waals surface area (Å²) in [7, 11) is 0. The van der Waals surface area contributed by atoms with Gasteiger partial charge in [-0.2, -0.15) is 0 Å². The van der Waals surface area contributed by atoms with Gasteiger partial charge >= 0.3 is 0 Å². The van der Waals surface area contributed by atoms with Crippen LogP contribution in [0.5, 0.6) is 0 Å². The minimum Gasteiger partial charge on any atom is -0.341 e. The molecule has 5 rings (SSSR count). The number of hydrogen-bond donors (Lipinski definition) is 0. The first kappa shape index (κ1) is 14.7. The van der Waals surface area contributed by atoms with Gasteiger partial charge in [0.1, 0.15) is 0 Å². The summed E-state index contributed by atoms with van der Waals surface area (Å²) >= 11 is 0. The summed E-state index contributed by atoms with van der Waals surface area (Å²) in [6.45, 7) is 3.81. The molecule has 1 aliphatic carbocycles. The largest absolute Gasteiger partial charge is 0.341 e. The normalized spacial score (nSPS) is 19.1. The number of carbonyl (C=O) groups excluding carboxylic acids is 1. The minimum absolute atomic E-state index is 0.132. The van der Waals surface area contributed by atoms with E-state index in [1.807, 2.05) is 12.1 Å². The molecule has 3 aromatic rings. The van der Waals surface area contributed by atoms with Crippen molar-refractivity contribution in [3.63, 3.8) is 0 Å². The number of hydrogen-bond acceptors (Lipinski definition) is 2. The van der Waals surface area contributed by atoms with Crippen molar-refractivity contribution in [1.82, 2.24) is 14.5 Å². The number of carbonyl (C=O) groups is 1. The molecule has 0 spiro atoms. The highest BCUT2D eigenvalue weighted by molar-refractivity contribution is 5.95. The Morgan fingerprint density at radius 3 is 2.84 bits per heavy atom. The highest BCUT2D eigenvalue weighted by atomic mass is 16.2. The van der Waals surface area contributed by atoms with E-state index in [9.17, 15) is 4.79 Å². The molecule has 1 amide bonds. The van der Waals surface area contributed by atoms with Crippen LogP contribution < -0.4 is 0 Å². The zero-order valence-corrected chi connectivity index (χ0v) is 14.4. The molecule has 126 valence electrons. The molecule has 0 bridgehead atoms. The third-order valence-electron chi connectivity index (χ3n) is 5.72. The lowest BCUT2D eigenvalue weighted by molar-refractivity contribution is 0.0601. The lowest BCUT2D eigenvalue weighted by Gasteiger charge is -2.40. The maximum Gasteiger partial charge on any atom is 0.254 e. The predicted molar refractivity (Wildman–Crippen MR) is 97.6 cm³/mol. The quantitative estimate of drug-likeness (QED) is 0.679. The first-order valence-electron chi connectivity index (χ1n) is 9.06. The fraction of sp³-hybridized carbons (Fsp3) is 0.333. The van der Waals surface area contributed by atoms with Crippen LogP contribution in [0.25, 0.3) is 10.9 Å². The van der Waals surface area contributed by atoms with Crippen LogP contribution in [0, 0.1) is 6.92 Å². The van der Waals surface area contributed by atoms with Crippen molar-refractivity contribution in [3.05, 3.63) is 65.1 Å². The Hall–Kier alpha value is -2.62. The van der Waals surface area contributed by atoms with E-state index in [1.165, 1.54) is 27.7 Å². The van der Waals surface area contributed by atoms with Crippen molar-refractivity contribution in [2.24, 2.45) is 0 Å². The van der Waals surface area contributed by atoms with Crippen LogP contribution in [-0.4, -0.2) is 26.9 Å². The Balaban J connectivity index is 1.64. The summed E-state index contributed by atoms with van der Waals surface area (Å²) in [6.07, 6.45) is 6.71.